The predicted molar refractivity (Wildman–Crippen MR) is 138 cm³/mol. The number of phenolic OH excluding ortho intramolecular Hbond substituents is 1. The van der Waals surface area contributed by atoms with Gasteiger partial charge in [0.2, 0.25) is 0 Å². The monoisotopic (exact) mass is 457 g/mol. The first-order chi connectivity index (χ1) is 16.0. The van der Waals surface area contributed by atoms with Gasteiger partial charge in [-0.3, -0.25) is 0 Å². The number of phenols is 1. The molecule has 0 aliphatic carbocycles. The van der Waals surface area contributed by atoms with Crippen LogP contribution in [-0.2, 0) is 19.4 Å². The molecule has 0 radical (unpaired) electrons. The minimum atomic E-state index is -0.229. The summed E-state index contributed by atoms with van der Waals surface area (Å²) in [5.41, 5.74) is 5.44. The fraction of sp³-hybridized carbons (Fsp3) is 0.172. The maximum absolute atomic E-state index is 14.0. The van der Waals surface area contributed by atoms with Crippen LogP contribution in [0.4, 0.5) is 4.39 Å². The summed E-state index contributed by atoms with van der Waals surface area (Å²) >= 11 is 0. The Hall–Kier alpha value is -3.00. The normalized spacial score (nSPS) is 11.5. The van der Waals surface area contributed by atoms with E-state index in [0.29, 0.717) is 18.7 Å². The number of aromatic hydroxyl groups is 1. The SMILES string of the molecule is CN(C)Cc1cc(F)ccc1Pc1cc(Cc2ccccc2)cc(Cc2ccccc2)c1O. The smallest absolute Gasteiger partial charge is 0.126 e. The second-order valence-electron chi connectivity index (χ2n) is 8.64. The number of hydrogen-bond donors (Lipinski definition) is 1. The van der Waals surface area contributed by atoms with E-state index in [-0.39, 0.29) is 14.4 Å². The van der Waals surface area contributed by atoms with Crippen LogP contribution in [-0.4, -0.2) is 24.1 Å². The van der Waals surface area contributed by atoms with Crippen LogP contribution in [0.2, 0.25) is 0 Å². The zero-order valence-corrected chi connectivity index (χ0v) is 20.1. The van der Waals surface area contributed by atoms with Crippen LogP contribution in [0.3, 0.4) is 0 Å². The van der Waals surface area contributed by atoms with Crippen molar-refractivity contribution in [2.75, 3.05) is 14.1 Å². The molecule has 33 heavy (non-hydrogen) atoms. The molecule has 4 rings (SSSR count). The zero-order valence-electron chi connectivity index (χ0n) is 19.1. The van der Waals surface area contributed by atoms with Gasteiger partial charge in [-0.25, -0.2) is 4.39 Å². The van der Waals surface area contributed by atoms with Crippen molar-refractivity contribution in [2.24, 2.45) is 0 Å². The van der Waals surface area contributed by atoms with Gasteiger partial charge in [0.1, 0.15) is 11.6 Å². The number of halogens is 1. The van der Waals surface area contributed by atoms with Gasteiger partial charge in [-0.05, 0) is 71.8 Å². The lowest BCUT2D eigenvalue weighted by Gasteiger charge is -2.17. The van der Waals surface area contributed by atoms with Gasteiger partial charge in [-0.2, -0.15) is 0 Å². The lowest BCUT2D eigenvalue weighted by molar-refractivity contribution is 0.402. The molecule has 2 nitrogen and oxygen atoms in total. The largest absolute Gasteiger partial charge is 0.507 e. The average molecular weight is 458 g/mol. The van der Waals surface area contributed by atoms with Gasteiger partial charge in [0.25, 0.3) is 0 Å². The standard InChI is InChI=1S/C29H29FNOP/c1-31(2)20-25-19-26(30)13-14-27(25)33-28-18-23(15-21-9-5-3-6-10-21)17-24(29(28)32)16-22-11-7-4-8-12-22/h3-14,17-19,32-33H,15-16,20H2,1-2H3. The summed E-state index contributed by atoms with van der Waals surface area (Å²) in [5.74, 6) is 0.112. The van der Waals surface area contributed by atoms with Crippen LogP contribution in [0.25, 0.3) is 0 Å². The van der Waals surface area contributed by atoms with Gasteiger partial charge in [0.05, 0.1) is 0 Å². The summed E-state index contributed by atoms with van der Waals surface area (Å²) in [6.45, 7) is 0.654. The molecule has 1 unspecified atom stereocenters. The first kappa shape index (κ1) is 23.2. The molecule has 0 spiro atoms. The highest BCUT2D eigenvalue weighted by atomic mass is 31.1. The second kappa shape index (κ2) is 10.7. The van der Waals surface area contributed by atoms with Gasteiger partial charge in [0, 0.05) is 18.3 Å². The molecule has 0 amide bonds. The fourth-order valence-electron chi connectivity index (χ4n) is 4.04. The van der Waals surface area contributed by atoms with Crippen molar-refractivity contribution in [3.8, 4) is 5.75 Å². The summed E-state index contributed by atoms with van der Waals surface area (Å²) in [4.78, 5) is 2.04. The van der Waals surface area contributed by atoms with E-state index >= 15 is 0 Å². The third-order valence-corrected chi connectivity index (χ3v) is 6.97. The second-order valence-corrected chi connectivity index (χ2v) is 9.97. The maximum atomic E-state index is 14.0. The minimum absolute atomic E-state index is 0.229. The number of rotatable bonds is 8. The molecule has 4 aromatic carbocycles. The molecule has 0 heterocycles. The van der Waals surface area contributed by atoms with E-state index in [4.69, 9.17) is 0 Å². The van der Waals surface area contributed by atoms with E-state index in [1.54, 1.807) is 6.07 Å². The van der Waals surface area contributed by atoms with Crippen LogP contribution in [0.15, 0.2) is 91.0 Å². The van der Waals surface area contributed by atoms with Crippen LogP contribution in [0.5, 0.6) is 5.75 Å². The van der Waals surface area contributed by atoms with Crippen molar-refractivity contribution in [3.63, 3.8) is 0 Å². The summed E-state index contributed by atoms with van der Waals surface area (Å²) in [5, 5.41) is 13.2. The molecule has 0 aliphatic rings. The Morgan fingerprint density at radius 3 is 1.97 bits per heavy atom. The summed E-state index contributed by atoms with van der Waals surface area (Å²) in [6, 6.07) is 29.8. The molecule has 0 aliphatic heterocycles. The predicted octanol–water partition coefficient (Wildman–Crippen LogP) is 5.40. The van der Waals surface area contributed by atoms with E-state index in [2.05, 4.69) is 48.5 Å². The first-order valence-electron chi connectivity index (χ1n) is 11.1. The Labute approximate surface area is 197 Å². The van der Waals surface area contributed by atoms with Crippen molar-refractivity contribution in [2.45, 2.75) is 19.4 Å². The highest BCUT2D eigenvalue weighted by Gasteiger charge is 2.14. The molecule has 4 aromatic rings. The van der Waals surface area contributed by atoms with Gasteiger partial charge in [0.15, 0.2) is 0 Å². The number of nitrogens with zero attached hydrogens (tertiary/aromatic N) is 1. The Bertz CT molecular complexity index is 1210. The molecule has 4 heteroatoms. The molecule has 0 aromatic heterocycles. The maximum Gasteiger partial charge on any atom is 0.126 e. The Balaban J connectivity index is 1.73. The molecule has 1 N–H and O–H groups in total. The van der Waals surface area contributed by atoms with Gasteiger partial charge >= 0.3 is 0 Å². The molecule has 0 saturated heterocycles. The molecule has 0 fully saturated rings. The molecule has 168 valence electrons. The van der Waals surface area contributed by atoms with Gasteiger partial charge < -0.3 is 10.0 Å². The lowest BCUT2D eigenvalue weighted by atomic mass is 9.98. The molecule has 1 atom stereocenters. The summed E-state index contributed by atoms with van der Waals surface area (Å²) < 4.78 is 14.0. The van der Waals surface area contributed by atoms with Crippen molar-refractivity contribution in [3.05, 3.63) is 125 Å². The third-order valence-electron chi connectivity index (χ3n) is 5.56. The van der Waals surface area contributed by atoms with Crippen LogP contribution < -0.4 is 10.6 Å². The highest BCUT2D eigenvalue weighted by Crippen LogP contribution is 2.28. The van der Waals surface area contributed by atoms with Crippen LogP contribution in [0.1, 0.15) is 27.8 Å². The summed E-state index contributed by atoms with van der Waals surface area (Å²) in [6.07, 6.45) is 1.47. The topological polar surface area (TPSA) is 23.5 Å². The zero-order chi connectivity index (χ0) is 23.2. The quantitative estimate of drug-likeness (QED) is 0.358. The van der Waals surface area contributed by atoms with E-state index in [9.17, 15) is 9.50 Å². The van der Waals surface area contributed by atoms with E-state index in [0.717, 1.165) is 33.7 Å². The Morgan fingerprint density at radius 1 is 0.697 bits per heavy atom. The first-order valence-corrected chi connectivity index (χ1v) is 12.1. The van der Waals surface area contributed by atoms with Gasteiger partial charge in [-0.15, -0.1) is 0 Å². The third kappa shape index (κ3) is 6.28. The van der Waals surface area contributed by atoms with Crippen LogP contribution >= 0.6 is 8.58 Å². The molecule has 0 saturated carbocycles. The van der Waals surface area contributed by atoms with E-state index < -0.39 is 0 Å². The fourth-order valence-corrected chi connectivity index (χ4v) is 5.35. The average Bonchev–Trinajstić information content (AvgIpc) is 2.79. The molecular weight excluding hydrogens is 428 g/mol. The highest BCUT2D eigenvalue weighted by molar-refractivity contribution is 7.55. The minimum Gasteiger partial charge on any atom is -0.507 e. The van der Waals surface area contributed by atoms with Crippen molar-refractivity contribution in [1.29, 1.82) is 0 Å². The molecular formula is C29H29FNOP. The van der Waals surface area contributed by atoms with Gasteiger partial charge in [-0.1, -0.05) is 81.4 Å². The Kier molecular flexibility index (Phi) is 7.54. The number of benzene rings is 4. The van der Waals surface area contributed by atoms with Crippen molar-refractivity contribution in [1.82, 2.24) is 4.90 Å². The van der Waals surface area contributed by atoms with E-state index in [1.165, 1.54) is 17.2 Å². The van der Waals surface area contributed by atoms with Crippen molar-refractivity contribution >= 4 is 19.2 Å². The van der Waals surface area contributed by atoms with E-state index in [1.807, 2.05) is 49.3 Å². The van der Waals surface area contributed by atoms with Crippen molar-refractivity contribution < 1.29 is 9.50 Å². The number of hydrogen-bond acceptors (Lipinski definition) is 2. The van der Waals surface area contributed by atoms with Crippen LogP contribution in [0, 0.1) is 5.82 Å². The Morgan fingerprint density at radius 2 is 1.33 bits per heavy atom. The molecule has 0 bridgehead atoms. The lowest BCUT2D eigenvalue weighted by Crippen LogP contribution is -2.18. The summed E-state index contributed by atoms with van der Waals surface area (Å²) in [7, 11) is 4.20.